The van der Waals surface area contributed by atoms with E-state index < -0.39 is 0 Å². The Hall–Kier alpha value is -4.69. The number of fused-ring (bicyclic) bond motifs is 2. The van der Waals surface area contributed by atoms with Crippen molar-refractivity contribution in [2.24, 2.45) is 0 Å². The van der Waals surface area contributed by atoms with Crippen LogP contribution >= 0.6 is 11.6 Å². The molecule has 0 saturated carbocycles. The first-order valence-electron chi connectivity index (χ1n) is 11.6. The topological polar surface area (TPSA) is 112 Å². The lowest BCUT2D eigenvalue weighted by Crippen LogP contribution is -2.24. The van der Waals surface area contributed by atoms with E-state index in [1.807, 2.05) is 61.5 Å². The van der Waals surface area contributed by atoms with E-state index in [1.54, 1.807) is 21.4 Å². The molecule has 6 aromatic rings. The molecule has 0 bridgehead atoms. The molecular formula is C28H21ClN6O2. The van der Waals surface area contributed by atoms with Gasteiger partial charge in [0.15, 0.2) is 5.65 Å². The van der Waals surface area contributed by atoms with Gasteiger partial charge in [-0.3, -0.25) is 9.36 Å². The SMILES string of the molecule is Cc1ccccc1-n1c(Cn2nc(-c3ccc(Cl)c(O)c3)c3c(N)ncnc32)cc2ccccc2c1=O. The predicted octanol–water partition coefficient (Wildman–Crippen LogP) is 5.10. The van der Waals surface area contributed by atoms with E-state index in [0.717, 1.165) is 22.3 Å². The number of benzene rings is 3. The lowest BCUT2D eigenvalue weighted by Gasteiger charge is -2.17. The van der Waals surface area contributed by atoms with Crippen molar-refractivity contribution in [3.8, 4) is 22.7 Å². The first-order valence-corrected chi connectivity index (χ1v) is 12.0. The third-order valence-electron chi connectivity index (χ3n) is 6.45. The Kier molecular flexibility index (Phi) is 5.39. The number of pyridine rings is 1. The van der Waals surface area contributed by atoms with E-state index in [-0.39, 0.29) is 28.7 Å². The number of phenolic OH excluding ortho intramolecular Hbond substituents is 1. The second-order valence-corrected chi connectivity index (χ2v) is 9.19. The number of aromatic nitrogens is 5. The highest BCUT2D eigenvalue weighted by Gasteiger charge is 2.20. The van der Waals surface area contributed by atoms with E-state index in [2.05, 4.69) is 9.97 Å². The average Bonchev–Trinajstić information content (AvgIpc) is 3.26. The van der Waals surface area contributed by atoms with Gasteiger partial charge < -0.3 is 10.8 Å². The van der Waals surface area contributed by atoms with Gasteiger partial charge in [0.25, 0.3) is 5.56 Å². The third kappa shape index (κ3) is 3.78. The molecule has 3 aromatic carbocycles. The normalized spacial score (nSPS) is 11.4. The van der Waals surface area contributed by atoms with Crippen molar-refractivity contribution in [3.63, 3.8) is 0 Å². The third-order valence-corrected chi connectivity index (χ3v) is 6.77. The number of nitrogens with zero attached hydrogens (tertiary/aromatic N) is 5. The number of hydrogen-bond donors (Lipinski definition) is 2. The molecule has 0 radical (unpaired) electrons. The maximum absolute atomic E-state index is 13.8. The molecule has 0 aliphatic heterocycles. The largest absolute Gasteiger partial charge is 0.506 e. The van der Waals surface area contributed by atoms with Gasteiger partial charge in [-0.05, 0) is 48.2 Å². The van der Waals surface area contributed by atoms with Crippen LogP contribution in [0.5, 0.6) is 5.75 Å². The summed E-state index contributed by atoms with van der Waals surface area (Å²) >= 11 is 6.02. The molecule has 3 N–H and O–H groups in total. The van der Waals surface area contributed by atoms with Crippen LogP contribution in [0.1, 0.15) is 11.3 Å². The van der Waals surface area contributed by atoms with Gasteiger partial charge in [-0.2, -0.15) is 5.10 Å². The van der Waals surface area contributed by atoms with Crippen molar-refractivity contribution in [1.82, 2.24) is 24.3 Å². The fraction of sp³-hybridized carbons (Fsp3) is 0.0714. The van der Waals surface area contributed by atoms with Crippen LogP contribution in [-0.2, 0) is 6.54 Å². The Morgan fingerprint density at radius 2 is 1.78 bits per heavy atom. The molecule has 37 heavy (non-hydrogen) atoms. The van der Waals surface area contributed by atoms with Gasteiger partial charge in [0.05, 0.1) is 22.6 Å². The maximum Gasteiger partial charge on any atom is 0.263 e. The number of para-hydroxylation sites is 1. The number of nitrogens with two attached hydrogens (primary N) is 1. The molecule has 0 saturated heterocycles. The zero-order valence-corrected chi connectivity index (χ0v) is 20.5. The summed E-state index contributed by atoms with van der Waals surface area (Å²) in [5, 5.41) is 17.3. The van der Waals surface area contributed by atoms with E-state index >= 15 is 0 Å². The van der Waals surface area contributed by atoms with Crippen molar-refractivity contribution in [3.05, 3.63) is 106 Å². The minimum absolute atomic E-state index is 0.0693. The molecule has 6 rings (SSSR count). The van der Waals surface area contributed by atoms with E-state index in [0.29, 0.717) is 27.7 Å². The molecule has 182 valence electrons. The predicted molar refractivity (Wildman–Crippen MR) is 145 cm³/mol. The molecule has 3 aromatic heterocycles. The van der Waals surface area contributed by atoms with Crippen molar-refractivity contribution in [2.75, 3.05) is 5.73 Å². The molecule has 0 atom stereocenters. The Bertz CT molecular complexity index is 1890. The first kappa shape index (κ1) is 22.8. The van der Waals surface area contributed by atoms with Crippen LogP contribution in [-0.4, -0.2) is 29.4 Å². The van der Waals surface area contributed by atoms with Crippen molar-refractivity contribution < 1.29 is 5.11 Å². The highest BCUT2D eigenvalue weighted by molar-refractivity contribution is 6.32. The minimum atomic E-state index is -0.115. The summed E-state index contributed by atoms with van der Waals surface area (Å²) in [5.41, 5.74) is 10.3. The number of hydrogen-bond acceptors (Lipinski definition) is 6. The molecule has 3 heterocycles. The van der Waals surface area contributed by atoms with Gasteiger partial charge in [0, 0.05) is 16.6 Å². The summed E-state index contributed by atoms with van der Waals surface area (Å²) in [6.07, 6.45) is 1.38. The fourth-order valence-electron chi connectivity index (χ4n) is 4.66. The number of rotatable bonds is 4. The molecule has 0 aliphatic carbocycles. The second-order valence-electron chi connectivity index (χ2n) is 8.78. The van der Waals surface area contributed by atoms with Crippen LogP contribution in [0.25, 0.3) is 38.8 Å². The smallest absolute Gasteiger partial charge is 0.263 e. The highest BCUT2D eigenvalue weighted by Crippen LogP contribution is 2.34. The number of anilines is 1. The van der Waals surface area contributed by atoms with Gasteiger partial charge in [0.2, 0.25) is 0 Å². The summed E-state index contributed by atoms with van der Waals surface area (Å²) in [7, 11) is 0. The zero-order valence-electron chi connectivity index (χ0n) is 19.8. The summed E-state index contributed by atoms with van der Waals surface area (Å²) in [5.74, 6) is 0.190. The molecule has 9 heteroatoms. The van der Waals surface area contributed by atoms with Crippen LogP contribution in [0.3, 0.4) is 0 Å². The fourth-order valence-corrected chi connectivity index (χ4v) is 4.78. The van der Waals surface area contributed by atoms with E-state index in [9.17, 15) is 9.90 Å². The molecule has 0 amide bonds. The Labute approximate surface area is 216 Å². The van der Waals surface area contributed by atoms with Gasteiger partial charge in [-0.15, -0.1) is 0 Å². The van der Waals surface area contributed by atoms with Crippen LogP contribution in [0.15, 0.2) is 83.9 Å². The summed E-state index contributed by atoms with van der Waals surface area (Å²) < 4.78 is 3.43. The van der Waals surface area contributed by atoms with Crippen molar-refractivity contribution in [2.45, 2.75) is 13.5 Å². The van der Waals surface area contributed by atoms with E-state index in [1.165, 1.54) is 12.4 Å². The summed E-state index contributed by atoms with van der Waals surface area (Å²) in [6.45, 7) is 2.21. The van der Waals surface area contributed by atoms with Crippen molar-refractivity contribution in [1.29, 1.82) is 0 Å². The van der Waals surface area contributed by atoms with Gasteiger partial charge in [-0.25, -0.2) is 14.6 Å². The molecule has 0 aliphatic rings. The molecule has 0 spiro atoms. The Balaban J connectivity index is 1.61. The lowest BCUT2D eigenvalue weighted by molar-refractivity contribution is 0.476. The summed E-state index contributed by atoms with van der Waals surface area (Å²) in [6, 6.07) is 22.2. The van der Waals surface area contributed by atoms with Gasteiger partial charge >= 0.3 is 0 Å². The number of aromatic hydroxyl groups is 1. The molecule has 0 unspecified atom stereocenters. The van der Waals surface area contributed by atoms with Crippen LogP contribution in [0.4, 0.5) is 5.82 Å². The quantitative estimate of drug-likeness (QED) is 0.343. The van der Waals surface area contributed by atoms with E-state index in [4.69, 9.17) is 22.4 Å². The van der Waals surface area contributed by atoms with Crippen LogP contribution in [0.2, 0.25) is 5.02 Å². The van der Waals surface area contributed by atoms with Crippen molar-refractivity contribution >= 4 is 39.2 Å². The lowest BCUT2D eigenvalue weighted by atomic mass is 10.1. The first-order chi connectivity index (χ1) is 17.9. The Morgan fingerprint density at radius 3 is 2.59 bits per heavy atom. The summed E-state index contributed by atoms with van der Waals surface area (Å²) in [4.78, 5) is 22.4. The monoisotopic (exact) mass is 508 g/mol. The number of nitrogen functional groups attached to an aromatic ring is 1. The average molecular weight is 509 g/mol. The molecule has 8 nitrogen and oxygen atoms in total. The Morgan fingerprint density at radius 1 is 1.00 bits per heavy atom. The van der Waals surface area contributed by atoms with Gasteiger partial charge in [-0.1, -0.05) is 54.1 Å². The molecular weight excluding hydrogens is 488 g/mol. The molecule has 0 fully saturated rings. The van der Waals surface area contributed by atoms with Gasteiger partial charge in [0.1, 0.15) is 23.6 Å². The highest BCUT2D eigenvalue weighted by atomic mass is 35.5. The number of phenols is 1. The standard InChI is InChI=1S/C28H21ClN6O2/c1-16-6-2-5-9-22(16)35-19(12-17-7-3-4-8-20(17)28(35)37)14-34-27-24(26(30)31-15-32-27)25(33-34)18-10-11-21(29)23(36)13-18/h2-13,15,36H,14H2,1H3,(H2,30,31,32). The number of halogens is 1. The van der Waals surface area contributed by atoms with Crippen LogP contribution < -0.4 is 11.3 Å². The number of aryl methyl sites for hydroxylation is 1. The minimum Gasteiger partial charge on any atom is -0.506 e. The van der Waals surface area contributed by atoms with Crippen LogP contribution in [0, 0.1) is 6.92 Å². The zero-order chi connectivity index (χ0) is 25.7. The maximum atomic E-state index is 13.8. The second kappa shape index (κ2) is 8.76.